The summed E-state index contributed by atoms with van der Waals surface area (Å²) in [6.45, 7) is 6.55. The number of ether oxygens (including phenoxy) is 3. The van der Waals surface area contributed by atoms with Crippen LogP contribution in [0, 0.1) is 0 Å². The van der Waals surface area contributed by atoms with E-state index in [2.05, 4.69) is 93.7 Å². The van der Waals surface area contributed by atoms with Gasteiger partial charge in [-0.25, -0.2) is 0 Å². The average molecular weight is 1100 g/mol. The zero-order valence-electron chi connectivity index (χ0n) is 52.6. The third kappa shape index (κ3) is 65.5. The molecule has 79 heavy (non-hydrogen) atoms. The SMILES string of the molecule is CC/C=C\C/C=C\C/C=C\CCCCCCCC(=O)OCC(COC(=O)CCCCCCCCCCCCCCCCCCCCCCCCCCC)OC(=O)CCCCCCCC/C=C\C/C=C\C/C=C\CCCCCCC. The third-order valence-corrected chi connectivity index (χ3v) is 15.2. The van der Waals surface area contributed by atoms with Gasteiger partial charge in [0.05, 0.1) is 0 Å². The maximum absolute atomic E-state index is 12.9. The first-order valence-corrected chi connectivity index (χ1v) is 34.4. The Morgan fingerprint density at radius 3 is 0.772 bits per heavy atom. The Morgan fingerprint density at radius 2 is 0.494 bits per heavy atom. The Bertz CT molecular complexity index is 1450. The van der Waals surface area contributed by atoms with Gasteiger partial charge in [-0.2, -0.15) is 0 Å². The molecule has 0 aliphatic carbocycles. The van der Waals surface area contributed by atoms with Crippen molar-refractivity contribution in [2.75, 3.05) is 13.2 Å². The van der Waals surface area contributed by atoms with E-state index in [0.29, 0.717) is 19.3 Å². The van der Waals surface area contributed by atoms with Crippen molar-refractivity contribution in [3.63, 3.8) is 0 Å². The van der Waals surface area contributed by atoms with Crippen LogP contribution in [0.4, 0.5) is 0 Å². The van der Waals surface area contributed by atoms with Crippen molar-refractivity contribution >= 4 is 17.9 Å². The molecular weight excluding hydrogens is 973 g/mol. The van der Waals surface area contributed by atoms with E-state index < -0.39 is 6.10 Å². The van der Waals surface area contributed by atoms with Crippen LogP contribution in [0.1, 0.15) is 355 Å². The van der Waals surface area contributed by atoms with Crippen LogP contribution in [-0.4, -0.2) is 37.2 Å². The van der Waals surface area contributed by atoms with Gasteiger partial charge in [0, 0.05) is 19.3 Å². The third-order valence-electron chi connectivity index (χ3n) is 15.2. The first-order chi connectivity index (χ1) is 39.0. The van der Waals surface area contributed by atoms with Crippen molar-refractivity contribution in [3.8, 4) is 0 Å². The predicted octanol–water partition coefficient (Wildman–Crippen LogP) is 23.7. The van der Waals surface area contributed by atoms with Gasteiger partial charge in [-0.05, 0) is 89.9 Å². The van der Waals surface area contributed by atoms with Gasteiger partial charge in [0.25, 0.3) is 0 Å². The molecule has 0 bridgehead atoms. The fraction of sp³-hybridized carbons (Fsp3) is 0.795. The number of hydrogen-bond acceptors (Lipinski definition) is 6. The molecule has 0 spiro atoms. The molecule has 1 unspecified atom stereocenters. The quantitative estimate of drug-likeness (QED) is 0.0261. The van der Waals surface area contributed by atoms with Crippen LogP contribution >= 0.6 is 0 Å². The molecule has 0 amide bonds. The highest BCUT2D eigenvalue weighted by molar-refractivity contribution is 5.71. The van der Waals surface area contributed by atoms with Gasteiger partial charge in [-0.1, -0.05) is 318 Å². The Morgan fingerprint density at radius 1 is 0.266 bits per heavy atom. The molecule has 0 heterocycles. The minimum absolute atomic E-state index is 0.0836. The first-order valence-electron chi connectivity index (χ1n) is 34.4. The molecule has 0 aromatic carbocycles. The molecule has 6 heteroatoms. The molecule has 0 rings (SSSR count). The highest BCUT2D eigenvalue weighted by atomic mass is 16.6. The summed E-state index contributed by atoms with van der Waals surface area (Å²) < 4.78 is 17.0. The number of esters is 3. The predicted molar refractivity (Wildman–Crippen MR) is 344 cm³/mol. The lowest BCUT2D eigenvalue weighted by atomic mass is 10.0. The van der Waals surface area contributed by atoms with Crippen LogP contribution in [-0.2, 0) is 28.6 Å². The normalized spacial score (nSPS) is 12.5. The van der Waals surface area contributed by atoms with Crippen LogP contribution in [0.25, 0.3) is 0 Å². The van der Waals surface area contributed by atoms with Crippen molar-refractivity contribution < 1.29 is 28.6 Å². The molecule has 0 fully saturated rings. The lowest BCUT2D eigenvalue weighted by molar-refractivity contribution is -0.167. The molecule has 0 aromatic rings. The maximum atomic E-state index is 12.9. The highest BCUT2D eigenvalue weighted by Crippen LogP contribution is 2.18. The van der Waals surface area contributed by atoms with Crippen molar-refractivity contribution in [2.24, 2.45) is 0 Å². The summed E-state index contributed by atoms with van der Waals surface area (Å²) in [5, 5.41) is 0. The summed E-state index contributed by atoms with van der Waals surface area (Å²) >= 11 is 0. The molecule has 0 N–H and O–H groups in total. The smallest absolute Gasteiger partial charge is 0.306 e. The van der Waals surface area contributed by atoms with Crippen molar-refractivity contribution in [2.45, 2.75) is 361 Å². The van der Waals surface area contributed by atoms with Gasteiger partial charge in [0.2, 0.25) is 0 Å². The van der Waals surface area contributed by atoms with Gasteiger partial charge >= 0.3 is 17.9 Å². The Labute approximate surface area is 491 Å². The van der Waals surface area contributed by atoms with Crippen molar-refractivity contribution in [1.82, 2.24) is 0 Å². The largest absolute Gasteiger partial charge is 0.462 e. The molecule has 0 aromatic heterocycles. The summed E-state index contributed by atoms with van der Waals surface area (Å²) in [5.74, 6) is -0.895. The highest BCUT2D eigenvalue weighted by Gasteiger charge is 2.19. The van der Waals surface area contributed by atoms with Crippen molar-refractivity contribution in [3.05, 3.63) is 72.9 Å². The second-order valence-electron chi connectivity index (χ2n) is 23.1. The molecule has 0 saturated carbocycles. The minimum Gasteiger partial charge on any atom is -0.462 e. The maximum Gasteiger partial charge on any atom is 0.306 e. The number of unbranched alkanes of at least 4 members (excludes halogenated alkanes) is 40. The van der Waals surface area contributed by atoms with E-state index in [1.807, 2.05) is 0 Å². The molecule has 0 saturated heterocycles. The van der Waals surface area contributed by atoms with E-state index in [9.17, 15) is 14.4 Å². The summed E-state index contributed by atoms with van der Waals surface area (Å²) in [6.07, 6.45) is 87.8. The minimum atomic E-state index is -0.791. The monoisotopic (exact) mass is 1100 g/mol. The van der Waals surface area contributed by atoms with Crippen LogP contribution in [0.15, 0.2) is 72.9 Å². The number of rotatable bonds is 63. The molecule has 0 aliphatic heterocycles. The van der Waals surface area contributed by atoms with Gasteiger partial charge in [0.1, 0.15) is 13.2 Å². The van der Waals surface area contributed by atoms with Crippen LogP contribution in [0.3, 0.4) is 0 Å². The van der Waals surface area contributed by atoms with E-state index in [4.69, 9.17) is 14.2 Å². The summed E-state index contributed by atoms with van der Waals surface area (Å²) in [5.41, 5.74) is 0. The van der Waals surface area contributed by atoms with E-state index in [1.165, 1.54) is 193 Å². The van der Waals surface area contributed by atoms with E-state index in [-0.39, 0.29) is 31.1 Å². The first kappa shape index (κ1) is 75.8. The zero-order chi connectivity index (χ0) is 57.1. The molecular formula is C73H130O6. The lowest BCUT2D eigenvalue weighted by Crippen LogP contribution is -2.30. The van der Waals surface area contributed by atoms with Crippen LogP contribution < -0.4 is 0 Å². The van der Waals surface area contributed by atoms with E-state index in [0.717, 1.165) is 122 Å². The topological polar surface area (TPSA) is 78.9 Å². The van der Waals surface area contributed by atoms with Gasteiger partial charge in [-0.3, -0.25) is 14.4 Å². The molecule has 0 radical (unpaired) electrons. The standard InChI is InChI=1S/C73H130O6/c1-4-7-10-13-16-19-22-25-28-30-32-34-35-36-37-39-40-42-45-48-51-54-57-60-63-66-72(75)78-69-70(68-77-71(74)65-62-59-56-53-50-47-44-27-24-21-18-15-12-9-6-3)79-73(76)67-64-61-58-55-52-49-46-43-41-38-33-31-29-26-23-20-17-14-11-8-5-2/h9,12,18,21,23,26-27,31,33,41,43-44,70H,4-8,10-11,13-17,19-20,22,24-25,28-30,32,34-40,42,45-69H2,1-3H3/b12-9-,21-18-,26-23-,33-31-,43-41-,44-27-. The molecule has 6 nitrogen and oxygen atoms in total. The van der Waals surface area contributed by atoms with Gasteiger partial charge < -0.3 is 14.2 Å². The summed E-state index contributed by atoms with van der Waals surface area (Å²) in [4.78, 5) is 38.4. The van der Waals surface area contributed by atoms with E-state index in [1.54, 1.807) is 0 Å². The lowest BCUT2D eigenvalue weighted by Gasteiger charge is -2.18. The molecule has 0 aliphatic rings. The fourth-order valence-corrected chi connectivity index (χ4v) is 10.1. The van der Waals surface area contributed by atoms with Crippen LogP contribution in [0.2, 0.25) is 0 Å². The van der Waals surface area contributed by atoms with Gasteiger partial charge in [0.15, 0.2) is 6.10 Å². The molecule has 1 atom stereocenters. The second-order valence-corrected chi connectivity index (χ2v) is 23.1. The Kier molecular flexibility index (Phi) is 64.7. The number of allylic oxidation sites excluding steroid dienone is 12. The number of carbonyl (C=O) groups is 3. The van der Waals surface area contributed by atoms with E-state index >= 15 is 0 Å². The average Bonchev–Trinajstić information content (AvgIpc) is 3.45. The number of carbonyl (C=O) groups excluding carboxylic acids is 3. The Hall–Kier alpha value is -3.15. The summed E-state index contributed by atoms with van der Waals surface area (Å²) in [7, 11) is 0. The second kappa shape index (κ2) is 67.4. The van der Waals surface area contributed by atoms with Crippen molar-refractivity contribution in [1.29, 1.82) is 0 Å². The summed E-state index contributed by atoms with van der Waals surface area (Å²) in [6, 6.07) is 0. The fourth-order valence-electron chi connectivity index (χ4n) is 10.1. The number of hydrogen-bond donors (Lipinski definition) is 0. The molecule has 458 valence electrons. The zero-order valence-corrected chi connectivity index (χ0v) is 52.6. The van der Waals surface area contributed by atoms with Gasteiger partial charge in [-0.15, -0.1) is 0 Å². The Balaban J connectivity index is 4.32. The van der Waals surface area contributed by atoms with Crippen LogP contribution in [0.5, 0.6) is 0 Å².